The van der Waals surface area contributed by atoms with Crippen molar-refractivity contribution in [2.45, 2.75) is 23.6 Å². The van der Waals surface area contributed by atoms with Crippen molar-refractivity contribution in [2.75, 3.05) is 13.6 Å². The van der Waals surface area contributed by atoms with Crippen molar-refractivity contribution in [3.63, 3.8) is 0 Å². The number of pyridine rings is 1. The second-order valence-electron chi connectivity index (χ2n) is 4.87. The highest BCUT2D eigenvalue weighted by Gasteiger charge is 2.05. The molecule has 0 bridgehead atoms. The van der Waals surface area contributed by atoms with Crippen molar-refractivity contribution in [2.24, 2.45) is 4.99 Å². The van der Waals surface area contributed by atoms with E-state index in [-0.39, 0.29) is 0 Å². The van der Waals surface area contributed by atoms with Gasteiger partial charge in [-0.3, -0.25) is 9.98 Å². The Bertz CT molecular complexity index is 572. The molecule has 22 heavy (non-hydrogen) atoms. The van der Waals surface area contributed by atoms with Gasteiger partial charge in [0.2, 0.25) is 0 Å². The lowest BCUT2D eigenvalue weighted by atomic mass is 10.3. The minimum atomic E-state index is 0.454. The molecule has 0 spiro atoms. The Kier molecular flexibility index (Phi) is 6.77. The van der Waals surface area contributed by atoms with Crippen LogP contribution in [0, 0.1) is 0 Å². The predicted octanol–water partition coefficient (Wildman–Crippen LogP) is 2.93. The number of guanidine groups is 1. The van der Waals surface area contributed by atoms with Gasteiger partial charge in [0.05, 0.1) is 12.2 Å². The summed E-state index contributed by atoms with van der Waals surface area (Å²) >= 11 is 1.85. The summed E-state index contributed by atoms with van der Waals surface area (Å²) in [6, 6.07) is 16.3. The molecule has 0 radical (unpaired) electrons. The van der Waals surface area contributed by atoms with Crippen LogP contribution in [0.15, 0.2) is 64.6 Å². The molecule has 4 nitrogen and oxygen atoms in total. The Labute approximate surface area is 136 Å². The molecule has 2 aromatic rings. The molecule has 2 rings (SSSR count). The molecule has 0 saturated carbocycles. The molecule has 0 saturated heterocycles. The number of nitrogens with zero attached hydrogens (tertiary/aromatic N) is 2. The number of benzene rings is 1. The van der Waals surface area contributed by atoms with Crippen LogP contribution in [0.5, 0.6) is 0 Å². The minimum Gasteiger partial charge on any atom is -0.355 e. The summed E-state index contributed by atoms with van der Waals surface area (Å²) < 4.78 is 0. The predicted molar refractivity (Wildman–Crippen MR) is 94.2 cm³/mol. The first-order valence-corrected chi connectivity index (χ1v) is 8.22. The van der Waals surface area contributed by atoms with Crippen molar-refractivity contribution in [3.8, 4) is 0 Å². The summed E-state index contributed by atoms with van der Waals surface area (Å²) in [5.41, 5.74) is 0.997. The number of hydrogen-bond donors (Lipinski definition) is 2. The molecule has 0 aliphatic rings. The first-order chi connectivity index (χ1) is 10.8. The van der Waals surface area contributed by atoms with Crippen LogP contribution in [0.4, 0.5) is 0 Å². The molecule has 1 unspecified atom stereocenters. The molecule has 0 aliphatic heterocycles. The third-order valence-corrected chi connectivity index (χ3v) is 4.14. The summed E-state index contributed by atoms with van der Waals surface area (Å²) in [5.74, 6) is 0.797. The molecular formula is C17H22N4S. The van der Waals surface area contributed by atoms with Gasteiger partial charge >= 0.3 is 0 Å². The zero-order chi connectivity index (χ0) is 15.6. The van der Waals surface area contributed by atoms with Crippen molar-refractivity contribution >= 4 is 17.7 Å². The quantitative estimate of drug-likeness (QED) is 0.489. The highest BCUT2D eigenvalue weighted by atomic mass is 32.2. The summed E-state index contributed by atoms with van der Waals surface area (Å²) in [4.78, 5) is 9.81. The van der Waals surface area contributed by atoms with Crippen LogP contribution in [-0.4, -0.2) is 29.8 Å². The summed E-state index contributed by atoms with van der Waals surface area (Å²) in [6.45, 7) is 3.72. The second kappa shape index (κ2) is 9.10. The van der Waals surface area contributed by atoms with E-state index in [1.54, 1.807) is 13.2 Å². The highest BCUT2D eigenvalue weighted by molar-refractivity contribution is 8.00. The molecule has 1 atom stereocenters. The lowest BCUT2D eigenvalue weighted by Crippen LogP contribution is -2.39. The van der Waals surface area contributed by atoms with E-state index in [9.17, 15) is 0 Å². The first-order valence-electron chi connectivity index (χ1n) is 7.34. The van der Waals surface area contributed by atoms with E-state index >= 15 is 0 Å². The fourth-order valence-corrected chi connectivity index (χ4v) is 2.86. The standard InChI is InChI=1S/C17H22N4S/c1-14(22-16-9-4-3-5-10-16)12-20-17(18-2)21-13-15-8-6-7-11-19-15/h3-11,14H,12-13H2,1-2H3,(H2,18,20,21). The highest BCUT2D eigenvalue weighted by Crippen LogP contribution is 2.21. The maximum Gasteiger partial charge on any atom is 0.191 e. The van der Waals surface area contributed by atoms with Gasteiger partial charge < -0.3 is 10.6 Å². The average molecular weight is 314 g/mol. The number of rotatable bonds is 6. The van der Waals surface area contributed by atoms with E-state index < -0.39 is 0 Å². The zero-order valence-electron chi connectivity index (χ0n) is 13.0. The maximum absolute atomic E-state index is 4.29. The van der Waals surface area contributed by atoms with Gasteiger partial charge in [-0.25, -0.2) is 0 Å². The van der Waals surface area contributed by atoms with E-state index in [1.807, 2.05) is 36.0 Å². The number of thioether (sulfide) groups is 1. The molecule has 116 valence electrons. The van der Waals surface area contributed by atoms with Crippen molar-refractivity contribution in [1.82, 2.24) is 15.6 Å². The Morgan fingerprint density at radius 1 is 1.14 bits per heavy atom. The van der Waals surface area contributed by atoms with Crippen LogP contribution in [-0.2, 0) is 6.54 Å². The van der Waals surface area contributed by atoms with E-state index in [0.717, 1.165) is 18.2 Å². The third kappa shape index (κ3) is 5.77. The number of aromatic nitrogens is 1. The second-order valence-corrected chi connectivity index (χ2v) is 6.38. The van der Waals surface area contributed by atoms with Crippen LogP contribution >= 0.6 is 11.8 Å². The molecule has 5 heteroatoms. The maximum atomic E-state index is 4.29. The lowest BCUT2D eigenvalue weighted by Gasteiger charge is -2.15. The largest absolute Gasteiger partial charge is 0.355 e. The molecular weight excluding hydrogens is 292 g/mol. The molecule has 0 amide bonds. The van der Waals surface area contributed by atoms with Crippen LogP contribution in [0.25, 0.3) is 0 Å². The molecule has 0 fully saturated rings. The van der Waals surface area contributed by atoms with E-state index in [0.29, 0.717) is 11.8 Å². The summed E-state index contributed by atoms with van der Waals surface area (Å²) in [5, 5.41) is 7.08. The monoisotopic (exact) mass is 314 g/mol. The minimum absolute atomic E-state index is 0.454. The average Bonchev–Trinajstić information content (AvgIpc) is 2.57. The zero-order valence-corrected chi connectivity index (χ0v) is 13.8. The Morgan fingerprint density at radius 3 is 2.59 bits per heavy atom. The van der Waals surface area contributed by atoms with Crippen LogP contribution in [0.1, 0.15) is 12.6 Å². The smallest absolute Gasteiger partial charge is 0.191 e. The van der Waals surface area contributed by atoms with E-state index in [1.165, 1.54) is 4.90 Å². The Hall–Kier alpha value is -2.01. The Balaban J connectivity index is 1.74. The van der Waals surface area contributed by atoms with Crippen LogP contribution < -0.4 is 10.6 Å². The number of nitrogens with one attached hydrogen (secondary N) is 2. The topological polar surface area (TPSA) is 49.3 Å². The summed E-state index contributed by atoms with van der Waals surface area (Å²) in [6.07, 6.45) is 1.80. The van der Waals surface area contributed by atoms with Gasteiger partial charge in [-0.15, -0.1) is 11.8 Å². The van der Waals surface area contributed by atoms with E-state index in [2.05, 4.69) is 51.8 Å². The molecule has 1 heterocycles. The molecule has 1 aromatic carbocycles. The number of hydrogen-bond acceptors (Lipinski definition) is 3. The fourth-order valence-electron chi connectivity index (χ4n) is 1.91. The van der Waals surface area contributed by atoms with Crippen molar-refractivity contribution < 1.29 is 0 Å². The molecule has 0 aliphatic carbocycles. The van der Waals surface area contributed by atoms with Crippen molar-refractivity contribution in [1.29, 1.82) is 0 Å². The van der Waals surface area contributed by atoms with E-state index in [4.69, 9.17) is 0 Å². The Morgan fingerprint density at radius 2 is 1.91 bits per heavy atom. The normalized spacial score (nSPS) is 12.7. The SMILES string of the molecule is CN=C(NCc1ccccn1)NCC(C)Sc1ccccc1. The van der Waals surface area contributed by atoms with Crippen LogP contribution in [0.3, 0.4) is 0 Å². The van der Waals surface area contributed by atoms with Gasteiger partial charge in [0.25, 0.3) is 0 Å². The molecule has 2 N–H and O–H groups in total. The summed E-state index contributed by atoms with van der Waals surface area (Å²) in [7, 11) is 1.78. The van der Waals surface area contributed by atoms with Gasteiger partial charge in [-0.1, -0.05) is 31.2 Å². The van der Waals surface area contributed by atoms with Gasteiger partial charge in [0, 0.05) is 29.9 Å². The first kappa shape index (κ1) is 16.4. The van der Waals surface area contributed by atoms with Gasteiger partial charge in [-0.2, -0.15) is 0 Å². The molecule has 1 aromatic heterocycles. The van der Waals surface area contributed by atoms with Crippen molar-refractivity contribution in [3.05, 3.63) is 60.4 Å². The van der Waals surface area contributed by atoms with Gasteiger partial charge in [0.15, 0.2) is 5.96 Å². The lowest BCUT2D eigenvalue weighted by molar-refractivity contribution is 0.780. The number of aliphatic imine (C=N–C) groups is 1. The fraction of sp³-hybridized carbons (Fsp3) is 0.294. The van der Waals surface area contributed by atoms with Gasteiger partial charge in [0.1, 0.15) is 0 Å². The third-order valence-electron chi connectivity index (χ3n) is 3.02. The van der Waals surface area contributed by atoms with Crippen LogP contribution in [0.2, 0.25) is 0 Å². The van der Waals surface area contributed by atoms with Gasteiger partial charge in [-0.05, 0) is 24.3 Å².